The minimum absolute atomic E-state index is 0.126. The van der Waals surface area contributed by atoms with Crippen LogP contribution in [0.4, 0.5) is 13.2 Å². The van der Waals surface area contributed by atoms with Gasteiger partial charge in [-0.25, -0.2) is 0 Å². The molecule has 3 heterocycles. The number of fused-ring (bicyclic) bond motifs is 1. The van der Waals surface area contributed by atoms with Crippen molar-refractivity contribution in [2.45, 2.75) is 68.3 Å². The summed E-state index contributed by atoms with van der Waals surface area (Å²) >= 11 is 0. The highest BCUT2D eigenvalue weighted by Crippen LogP contribution is 2.47. The second kappa shape index (κ2) is 7.18. The zero-order valence-electron chi connectivity index (χ0n) is 15.0. The topological polar surface area (TPSA) is 80.3 Å². The van der Waals surface area contributed by atoms with Crippen LogP contribution in [0.1, 0.15) is 32.6 Å². The summed E-state index contributed by atoms with van der Waals surface area (Å²) in [7, 11) is -4.17. The summed E-state index contributed by atoms with van der Waals surface area (Å²) in [6.07, 6.45) is 1.14. The molecule has 7 nitrogen and oxygen atoms in total. The normalized spacial score (nSPS) is 37.5. The largest absolute Gasteiger partial charge is 0.534 e. The summed E-state index contributed by atoms with van der Waals surface area (Å²) in [5.41, 5.74) is -6.10. The van der Waals surface area contributed by atoms with Crippen LogP contribution in [0.5, 0.6) is 0 Å². The summed E-state index contributed by atoms with van der Waals surface area (Å²) in [5.74, 6) is -1.11. The van der Waals surface area contributed by atoms with Crippen molar-refractivity contribution in [2.24, 2.45) is 5.92 Å². The molecule has 0 aromatic rings. The molecule has 0 aromatic carbocycles. The number of hydrogen-bond donors (Lipinski definition) is 0. The first-order chi connectivity index (χ1) is 12.5. The van der Waals surface area contributed by atoms with E-state index in [9.17, 15) is 21.6 Å². The van der Waals surface area contributed by atoms with Crippen LogP contribution in [0.2, 0.25) is 0 Å². The van der Waals surface area contributed by atoms with Gasteiger partial charge >= 0.3 is 15.6 Å². The summed E-state index contributed by atoms with van der Waals surface area (Å²) in [6.45, 7) is 5.20. The minimum atomic E-state index is -5.72. The van der Waals surface area contributed by atoms with Gasteiger partial charge in [-0.3, -0.25) is 0 Å². The number of methoxy groups -OCH3 is 1. The molecule has 6 atom stereocenters. The Morgan fingerprint density at radius 2 is 2.07 bits per heavy atom. The van der Waals surface area contributed by atoms with Gasteiger partial charge in [0.1, 0.15) is 17.5 Å². The van der Waals surface area contributed by atoms with Crippen molar-refractivity contribution in [3.8, 4) is 0 Å². The molecule has 156 valence electrons. The third kappa shape index (κ3) is 3.98. The Kier molecular flexibility index (Phi) is 5.54. The summed E-state index contributed by atoms with van der Waals surface area (Å²) in [4.78, 5) is 0. The molecule has 3 aliphatic heterocycles. The predicted octanol–water partition coefficient (Wildman–Crippen LogP) is 2.47. The third-order valence-corrected chi connectivity index (χ3v) is 6.32. The van der Waals surface area contributed by atoms with Gasteiger partial charge in [-0.2, -0.15) is 21.6 Å². The van der Waals surface area contributed by atoms with E-state index in [4.69, 9.17) is 18.9 Å². The summed E-state index contributed by atoms with van der Waals surface area (Å²) < 4.78 is 86.8. The standard InChI is InChI=1S/C16H23F3O7S/c1-9(10(2)26-27(20,21)16(17,18)19)6-11-4-5-13-15(25-11)7-12(24-13)14(22-3)23-8-15/h9,11-14H,2,4-8H2,1,3H3/t9?,11?,12-,13+,14-,15-/m1/s1. The molecule has 3 saturated heterocycles. The predicted molar refractivity (Wildman–Crippen MR) is 85.8 cm³/mol. The lowest BCUT2D eigenvalue weighted by Gasteiger charge is -2.43. The number of alkyl halides is 3. The van der Waals surface area contributed by atoms with Gasteiger partial charge in [0.05, 0.1) is 18.8 Å². The van der Waals surface area contributed by atoms with Crippen molar-refractivity contribution in [3.05, 3.63) is 12.3 Å². The average Bonchev–Trinajstić information content (AvgIpc) is 2.85. The zero-order chi connectivity index (χ0) is 20.0. The van der Waals surface area contributed by atoms with Crippen LogP contribution >= 0.6 is 0 Å². The molecular weight excluding hydrogens is 393 g/mol. The number of hydrogen-bond acceptors (Lipinski definition) is 7. The first-order valence-corrected chi connectivity index (χ1v) is 10.1. The molecule has 3 fully saturated rings. The van der Waals surface area contributed by atoms with Gasteiger partial charge < -0.3 is 23.1 Å². The zero-order valence-corrected chi connectivity index (χ0v) is 15.8. The summed E-state index contributed by atoms with van der Waals surface area (Å²) in [6, 6.07) is 0. The number of rotatable bonds is 6. The Labute approximate surface area is 155 Å². The Morgan fingerprint density at radius 1 is 1.37 bits per heavy atom. The lowest BCUT2D eigenvalue weighted by Crippen LogP contribution is -2.54. The molecule has 11 heteroatoms. The Balaban J connectivity index is 1.59. The van der Waals surface area contributed by atoms with Crippen LogP contribution in [-0.2, 0) is 33.2 Å². The van der Waals surface area contributed by atoms with Crippen LogP contribution in [-0.4, -0.2) is 57.8 Å². The van der Waals surface area contributed by atoms with Crippen LogP contribution in [0, 0.1) is 5.92 Å². The summed E-state index contributed by atoms with van der Waals surface area (Å²) in [5, 5.41) is 0. The monoisotopic (exact) mass is 416 g/mol. The van der Waals surface area contributed by atoms with E-state index in [1.807, 2.05) is 0 Å². The van der Waals surface area contributed by atoms with E-state index < -0.39 is 39.2 Å². The van der Waals surface area contributed by atoms with Crippen LogP contribution in [0.25, 0.3) is 0 Å². The number of ether oxygens (including phenoxy) is 4. The SMILES string of the molecule is C=C(OS(=O)(=O)C(F)(F)F)C(C)CC1CC[C@@H]2O[C@@H]3C[C@]2(CO[C@H]3OC)O1. The average molecular weight is 416 g/mol. The second-order valence-electron chi connectivity index (χ2n) is 7.25. The minimum Gasteiger partial charge on any atom is -0.381 e. The van der Waals surface area contributed by atoms with Gasteiger partial charge in [-0.15, -0.1) is 0 Å². The molecule has 0 amide bonds. The Morgan fingerprint density at radius 3 is 2.70 bits per heavy atom. The smallest absolute Gasteiger partial charge is 0.381 e. The molecule has 2 unspecified atom stereocenters. The van der Waals surface area contributed by atoms with E-state index in [2.05, 4.69) is 10.8 Å². The Hall–Kier alpha value is -0.880. The van der Waals surface area contributed by atoms with Crippen molar-refractivity contribution in [2.75, 3.05) is 13.7 Å². The fourth-order valence-corrected chi connectivity index (χ4v) is 4.44. The maximum absolute atomic E-state index is 12.4. The van der Waals surface area contributed by atoms with Gasteiger partial charge in [0.25, 0.3) is 0 Å². The van der Waals surface area contributed by atoms with Gasteiger partial charge in [-0.05, 0) is 19.3 Å². The quantitative estimate of drug-likeness (QED) is 0.374. The van der Waals surface area contributed by atoms with Crippen LogP contribution in [0.15, 0.2) is 12.3 Å². The van der Waals surface area contributed by atoms with Crippen molar-refractivity contribution >= 4 is 10.1 Å². The lowest BCUT2D eigenvalue weighted by atomic mass is 9.84. The molecule has 0 aliphatic carbocycles. The second-order valence-corrected chi connectivity index (χ2v) is 8.79. The molecule has 27 heavy (non-hydrogen) atoms. The van der Waals surface area contributed by atoms with E-state index >= 15 is 0 Å². The van der Waals surface area contributed by atoms with E-state index in [1.165, 1.54) is 0 Å². The maximum atomic E-state index is 12.4. The molecule has 0 radical (unpaired) electrons. The van der Waals surface area contributed by atoms with Crippen molar-refractivity contribution in [1.29, 1.82) is 0 Å². The van der Waals surface area contributed by atoms with E-state index in [0.29, 0.717) is 25.9 Å². The number of allylic oxidation sites excluding steroid dienone is 1. The molecule has 0 saturated carbocycles. The van der Waals surface area contributed by atoms with Crippen molar-refractivity contribution in [1.82, 2.24) is 0 Å². The molecule has 0 N–H and O–H groups in total. The van der Waals surface area contributed by atoms with Crippen LogP contribution < -0.4 is 0 Å². The Bertz CT molecular complexity index is 680. The highest BCUT2D eigenvalue weighted by molar-refractivity contribution is 7.87. The molecule has 3 aliphatic rings. The first kappa shape index (κ1) is 20.8. The number of halogens is 3. The lowest BCUT2D eigenvalue weighted by molar-refractivity contribution is -0.231. The molecule has 1 spiro atoms. The van der Waals surface area contributed by atoms with Crippen molar-refractivity contribution < 1.29 is 44.7 Å². The molecule has 0 aromatic heterocycles. The van der Waals surface area contributed by atoms with Gasteiger partial charge in [0, 0.05) is 19.4 Å². The molecule has 3 rings (SSSR count). The maximum Gasteiger partial charge on any atom is 0.534 e. The van der Waals surface area contributed by atoms with Gasteiger partial charge in [0.15, 0.2) is 6.29 Å². The highest BCUT2D eigenvalue weighted by Gasteiger charge is 2.58. The molecular formula is C16H23F3O7S. The fraction of sp³-hybridized carbons (Fsp3) is 0.875. The van der Waals surface area contributed by atoms with Gasteiger partial charge in [0.2, 0.25) is 0 Å². The highest BCUT2D eigenvalue weighted by atomic mass is 32.2. The van der Waals surface area contributed by atoms with E-state index in [1.54, 1.807) is 14.0 Å². The van der Waals surface area contributed by atoms with E-state index in [-0.39, 0.29) is 24.7 Å². The van der Waals surface area contributed by atoms with Crippen molar-refractivity contribution in [3.63, 3.8) is 0 Å². The van der Waals surface area contributed by atoms with E-state index in [0.717, 1.165) is 0 Å². The third-order valence-electron chi connectivity index (χ3n) is 5.32. The van der Waals surface area contributed by atoms with Gasteiger partial charge in [-0.1, -0.05) is 13.5 Å². The molecule has 2 bridgehead atoms. The fourth-order valence-electron chi connectivity index (χ4n) is 3.90. The first-order valence-electron chi connectivity index (χ1n) is 8.64. The van der Waals surface area contributed by atoms with Crippen LogP contribution in [0.3, 0.4) is 0 Å².